The number of methoxy groups -OCH3 is 2. The fraction of sp³-hybridized carbons (Fsp3) is 0.895. The maximum Gasteiger partial charge on any atom is 0.246 e. The van der Waals surface area contributed by atoms with E-state index < -0.39 is 30.4 Å². The fourth-order valence-corrected chi connectivity index (χ4v) is 2.99. The summed E-state index contributed by atoms with van der Waals surface area (Å²) in [7, 11) is 3.01. The lowest BCUT2D eigenvalue weighted by atomic mass is 10.0. The van der Waals surface area contributed by atoms with Gasteiger partial charge in [-0.15, -0.1) is 0 Å². The van der Waals surface area contributed by atoms with Crippen LogP contribution in [0.4, 0.5) is 0 Å². The maximum atomic E-state index is 12.4. The zero-order chi connectivity index (χ0) is 21.5. The molecule has 0 radical (unpaired) electrons. The van der Waals surface area contributed by atoms with E-state index in [0.717, 1.165) is 0 Å². The normalized spacial score (nSPS) is 26.8. The summed E-state index contributed by atoms with van der Waals surface area (Å²) in [5, 5.41) is 15.6. The van der Waals surface area contributed by atoms with Crippen LogP contribution in [-0.2, 0) is 28.5 Å². The van der Waals surface area contributed by atoms with Crippen molar-refractivity contribution in [2.75, 3.05) is 27.4 Å². The molecule has 9 nitrogen and oxygen atoms in total. The molecule has 1 fully saturated rings. The first kappa shape index (κ1) is 24.8. The topological polar surface area (TPSA) is 115 Å². The average Bonchev–Trinajstić information content (AvgIpc) is 2.57. The number of amides is 2. The Morgan fingerprint density at radius 1 is 1.21 bits per heavy atom. The number of aliphatic hydroxyl groups is 1. The van der Waals surface area contributed by atoms with E-state index in [1.807, 2.05) is 34.6 Å². The molecule has 0 spiro atoms. The highest BCUT2D eigenvalue weighted by Crippen LogP contribution is 2.23. The smallest absolute Gasteiger partial charge is 0.246 e. The van der Waals surface area contributed by atoms with E-state index >= 15 is 0 Å². The molecule has 0 bridgehead atoms. The first-order chi connectivity index (χ1) is 13.0. The first-order valence-corrected chi connectivity index (χ1v) is 9.56. The van der Waals surface area contributed by atoms with E-state index in [9.17, 15) is 14.7 Å². The van der Waals surface area contributed by atoms with Crippen LogP contribution in [0.15, 0.2) is 0 Å². The zero-order valence-corrected chi connectivity index (χ0v) is 18.0. The van der Waals surface area contributed by atoms with Crippen LogP contribution in [0, 0.1) is 5.92 Å². The number of ether oxygens (including phenoxy) is 4. The van der Waals surface area contributed by atoms with Gasteiger partial charge in [0, 0.05) is 26.2 Å². The molecule has 1 rings (SSSR count). The predicted molar refractivity (Wildman–Crippen MR) is 103 cm³/mol. The van der Waals surface area contributed by atoms with Crippen LogP contribution in [0.3, 0.4) is 0 Å². The SMILES string of the molecule is CO[C@@H]1[C@@H](OC)C[C@@H](COCC(=O)N[C@H](C(=O)NC(C)(C)C)C(C)C)O[C@@H]1O. The Kier molecular flexibility index (Phi) is 9.79. The van der Waals surface area contributed by atoms with Gasteiger partial charge in [-0.3, -0.25) is 9.59 Å². The van der Waals surface area contributed by atoms with Crippen molar-refractivity contribution in [2.24, 2.45) is 5.92 Å². The van der Waals surface area contributed by atoms with E-state index in [-0.39, 0.29) is 36.7 Å². The third kappa shape index (κ3) is 8.00. The molecule has 2 amide bonds. The Morgan fingerprint density at radius 3 is 2.36 bits per heavy atom. The molecule has 28 heavy (non-hydrogen) atoms. The van der Waals surface area contributed by atoms with Crippen LogP contribution in [0.25, 0.3) is 0 Å². The molecule has 1 heterocycles. The lowest BCUT2D eigenvalue weighted by molar-refractivity contribution is -0.264. The quantitative estimate of drug-likeness (QED) is 0.503. The molecule has 0 aromatic heterocycles. The highest BCUT2D eigenvalue weighted by Gasteiger charge is 2.38. The molecule has 1 aliphatic heterocycles. The fourth-order valence-electron chi connectivity index (χ4n) is 2.99. The van der Waals surface area contributed by atoms with Crippen molar-refractivity contribution in [1.29, 1.82) is 0 Å². The molecule has 9 heteroatoms. The molecule has 5 atom stereocenters. The summed E-state index contributed by atoms with van der Waals surface area (Å²) in [5.74, 6) is -0.697. The highest BCUT2D eigenvalue weighted by molar-refractivity contribution is 5.88. The number of carbonyl (C=O) groups is 2. The molecule has 164 valence electrons. The van der Waals surface area contributed by atoms with Gasteiger partial charge in [0.2, 0.25) is 11.8 Å². The number of nitrogens with one attached hydrogen (secondary N) is 2. The number of carbonyl (C=O) groups excluding carboxylic acids is 2. The Morgan fingerprint density at radius 2 is 1.86 bits per heavy atom. The lowest BCUT2D eigenvalue weighted by Gasteiger charge is -2.37. The van der Waals surface area contributed by atoms with Crippen molar-refractivity contribution in [3.63, 3.8) is 0 Å². The Balaban J connectivity index is 2.47. The molecule has 3 N–H and O–H groups in total. The van der Waals surface area contributed by atoms with Gasteiger partial charge in [-0.2, -0.15) is 0 Å². The van der Waals surface area contributed by atoms with Gasteiger partial charge in [0.15, 0.2) is 6.29 Å². The van der Waals surface area contributed by atoms with Crippen LogP contribution in [0.1, 0.15) is 41.0 Å². The van der Waals surface area contributed by atoms with Gasteiger partial charge < -0.3 is 34.7 Å². The number of aliphatic hydroxyl groups excluding tert-OH is 1. The van der Waals surface area contributed by atoms with Crippen molar-refractivity contribution in [3.8, 4) is 0 Å². The summed E-state index contributed by atoms with van der Waals surface area (Å²) in [4.78, 5) is 24.6. The highest BCUT2D eigenvalue weighted by atomic mass is 16.7. The van der Waals surface area contributed by atoms with E-state index in [2.05, 4.69) is 10.6 Å². The summed E-state index contributed by atoms with van der Waals surface area (Å²) < 4.78 is 21.4. The summed E-state index contributed by atoms with van der Waals surface area (Å²) >= 11 is 0. The molecular formula is C19H36N2O7. The van der Waals surface area contributed by atoms with E-state index in [1.165, 1.54) is 14.2 Å². The van der Waals surface area contributed by atoms with Gasteiger partial charge >= 0.3 is 0 Å². The van der Waals surface area contributed by atoms with Crippen LogP contribution in [0.5, 0.6) is 0 Å². The maximum absolute atomic E-state index is 12.4. The van der Waals surface area contributed by atoms with Crippen molar-refractivity contribution < 1.29 is 33.6 Å². The van der Waals surface area contributed by atoms with Gasteiger partial charge in [0.1, 0.15) is 18.8 Å². The van der Waals surface area contributed by atoms with E-state index in [4.69, 9.17) is 18.9 Å². The summed E-state index contributed by atoms with van der Waals surface area (Å²) in [5.41, 5.74) is -0.386. The largest absolute Gasteiger partial charge is 0.378 e. The minimum atomic E-state index is -1.13. The van der Waals surface area contributed by atoms with Gasteiger partial charge in [-0.25, -0.2) is 0 Å². The molecule has 0 saturated carbocycles. The second kappa shape index (κ2) is 11.1. The van der Waals surface area contributed by atoms with Crippen LogP contribution in [0.2, 0.25) is 0 Å². The molecule has 0 aromatic carbocycles. The molecule has 0 unspecified atom stereocenters. The van der Waals surface area contributed by atoms with Crippen LogP contribution in [-0.4, -0.2) is 80.5 Å². The summed E-state index contributed by atoms with van der Waals surface area (Å²) in [6, 6.07) is -0.650. The van der Waals surface area contributed by atoms with Crippen molar-refractivity contribution in [3.05, 3.63) is 0 Å². The summed E-state index contributed by atoms with van der Waals surface area (Å²) in [6.07, 6.45) is -1.99. The second-order valence-corrected chi connectivity index (χ2v) is 8.40. The van der Waals surface area contributed by atoms with Crippen LogP contribution < -0.4 is 10.6 Å². The van der Waals surface area contributed by atoms with Crippen LogP contribution >= 0.6 is 0 Å². The molecule has 1 saturated heterocycles. The van der Waals surface area contributed by atoms with Crippen molar-refractivity contribution in [1.82, 2.24) is 10.6 Å². The minimum Gasteiger partial charge on any atom is -0.378 e. The number of rotatable bonds is 9. The van der Waals surface area contributed by atoms with E-state index in [0.29, 0.717) is 6.42 Å². The average molecular weight is 405 g/mol. The Bertz CT molecular complexity index is 507. The standard InChI is InChI=1S/C19H36N2O7/c1-11(2)15(17(23)21-19(3,4)5)20-14(22)10-27-9-12-8-13(25-6)16(26-7)18(24)28-12/h11-13,15-16,18,24H,8-10H2,1-7H3,(H,20,22)(H,21,23)/t12-,13-,15-,16+,18-/m0/s1. The molecular weight excluding hydrogens is 368 g/mol. The lowest BCUT2D eigenvalue weighted by Crippen LogP contribution is -2.55. The second-order valence-electron chi connectivity index (χ2n) is 8.40. The molecule has 0 aromatic rings. The number of hydrogen-bond donors (Lipinski definition) is 3. The monoisotopic (exact) mass is 404 g/mol. The van der Waals surface area contributed by atoms with Gasteiger partial charge in [-0.05, 0) is 26.7 Å². The van der Waals surface area contributed by atoms with Gasteiger partial charge in [0.25, 0.3) is 0 Å². The third-order valence-corrected chi connectivity index (χ3v) is 4.35. The van der Waals surface area contributed by atoms with Crippen molar-refractivity contribution in [2.45, 2.75) is 77.2 Å². The first-order valence-electron chi connectivity index (χ1n) is 9.56. The third-order valence-electron chi connectivity index (χ3n) is 4.35. The van der Waals surface area contributed by atoms with Gasteiger partial charge in [0.05, 0.1) is 18.8 Å². The van der Waals surface area contributed by atoms with Crippen molar-refractivity contribution >= 4 is 11.8 Å². The Labute approximate surface area is 167 Å². The summed E-state index contributed by atoms with van der Waals surface area (Å²) in [6.45, 7) is 9.27. The molecule has 0 aliphatic carbocycles. The molecule has 1 aliphatic rings. The number of hydrogen-bond acceptors (Lipinski definition) is 7. The van der Waals surface area contributed by atoms with Gasteiger partial charge in [-0.1, -0.05) is 13.8 Å². The van der Waals surface area contributed by atoms with E-state index in [1.54, 1.807) is 0 Å². The zero-order valence-electron chi connectivity index (χ0n) is 18.0. The Hall–Kier alpha value is -1.26. The minimum absolute atomic E-state index is 0.0726. The predicted octanol–water partition coefficient (Wildman–Crippen LogP) is 0.196.